The van der Waals surface area contributed by atoms with E-state index >= 15 is 0 Å². The topological polar surface area (TPSA) is 96.2 Å². The number of carbonyl (C=O) groups is 2. The number of nitrogens with zero attached hydrogens (tertiary/aromatic N) is 2. The maximum Gasteiger partial charge on any atom is 0.335 e. The van der Waals surface area contributed by atoms with Gasteiger partial charge in [-0.3, -0.25) is 9.48 Å². The van der Waals surface area contributed by atoms with E-state index in [9.17, 15) is 9.59 Å². The zero-order valence-electron chi connectivity index (χ0n) is 15.2. The van der Waals surface area contributed by atoms with Gasteiger partial charge in [-0.1, -0.05) is 36.4 Å². The summed E-state index contributed by atoms with van der Waals surface area (Å²) in [6, 6.07) is 16.2. The summed E-state index contributed by atoms with van der Waals surface area (Å²) in [7, 11) is 0. The van der Waals surface area contributed by atoms with Gasteiger partial charge in [0, 0.05) is 36.5 Å². The number of hydrogen-bond acceptors (Lipinski definition) is 4. The Hall–Kier alpha value is -3.45. The Morgan fingerprint density at radius 3 is 2.75 bits per heavy atom. The summed E-state index contributed by atoms with van der Waals surface area (Å²) >= 11 is 0. The first-order valence-corrected chi connectivity index (χ1v) is 9.10. The van der Waals surface area contributed by atoms with E-state index in [0.717, 1.165) is 29.8 Å². The maximum atomic E-state index is 12.9. The van der Waals surface area contributed by atoms with Crippen molar-refractivity contribution in [1.82, 2.24) is 15.1 Å². The highest BCUT2D eigenvalue weighted by atomic mass is 16.4. The Morgan fingerprint density at radius 1 is 1.14 bits per heavy atom. The largest absolute Gasteiger partial charge is 0.478 e. The van der Waals surface area contributed by atoms with Crippen LogP contribution in [0.15, 0.2) is 54.6 Å². The minimum Gasteiger partial charge on any atom is -0.478 e. The molecule has 3 aromatic rings. The van der Waals surface area contributed by atoms with Crippen molar-refractivity contribution in [2.75, 3.05) is 11.9 Å². The molecule has 0 spiro atoms. The number of carboxylic acids is 1. The van der Waals surface area contributed by atoms with E-state index in [0.29, 0.717) is 24.5 Å². The number of aromatic nitrogens is 2. The summed E-state index contributed by atoms with van der Waals surface area (Å²) in [5, 5.41) is 19.8. The van der Waals surface area contributed by atoms with E-state index in [1.807, 2.05) is 35.0 Å². The number of hydrogen-bond donors (Lipinski definition) is 3. The molecule has 1 aromatic heterocycles. The van der Waals surface area contributed by atoms with Crippen molar-refractivity contribution in [2.45, 2.75) is 19.5 Å². The summed E-state index contributed by atoms with van der Waals surface area (Å²) in [5.74, 6) is -1.38. The molecule has 7 nitrogen and oxygen atoms in total. The molecular formula is C21H20N4O3. The number of carbonyl (C=O) groups excluding carboxylic acids is 1. The van der Waals surface area contributed by atoms with E-state index in [4.69, 9.17) is 5.11 Å². The van der Waals surface area contributed by atoms with Gasteiger partial charge in [0.05, 0.1) is 12.1 Å². The Bertz CT molecular complexity index is 1030. The Morgan fingerprint density at radius 2 is 1.96 bits per heavy atom. The summed E-state index contributed by atoms with van der Waals surface area (Å²) in [4.78, 5) is 24.0. The standard InChI is InChI=1S/C21H20N4O3/c26-20(23-16-8-4-7-15(11-16)21(27)28)19-17-12-22-10-9-18(17)25(24-19)13-14-5-2-1-3-6-14/h1-8,11,22H,9-10,12-13H2,(H,23,26)(H,27,28). The van der Waals surface area contributed by atoms with Gasteiger partial charge in [-0.15, -0.1) is 0 Å². The Balaban J connectivity index is 1.63. The molecule has 0 aliphatic carbocycles. The lowest BCUT2D eigenvalue weighted by atomic mass is 10.1. The van der Waals surface area contributed by atoms with Crippen LogP contribution in [0, 0.1) is 0 Å². The van der Waals surface area contributed by atoms with Crippen molar-refractivity contribution in [1.29, 1.82) is 0 Å². The number of carboxylic acid groups (broad SMARTS) is 1. The lowest BCUT2D eigenvalue weighted by Gasteiger charge is -2.15. The summed E-state index contributed by atoms with van der Waals surface area (Å²) in [6.07, 6.45) is 0.803. The predicted octanol–water partition coefficient (Wildman–Crippen LogP) is 2.53. The minimum atomic E-state index is -1.04. The first-order chi connectivity index (χ1) is 13.6. The van der Waals surface area contributed by atoms with Crippen molar-refractivity contribution < 1.29 is 14.7 Å². The third-order valence-electron chi connectivity index (χ3n) is 4.76. The van der Waals surface area contributed by atoms with Gasteiger partial charge in [0.25, 0.3) is 5.91 Å². The molecule has 1 aliphatic rings. The van der Waals surface area contributed by atoms with Gasteiger partial charge in [-0.2, -0.15) is 5.10 Å². The second-order valence-corrected chi connectivity index (χ2v) is 6.68. The molecular weight excluding hydrogens is 356 g/mol. The lowest BCUT2D eigenvalue weighted by Crippen LogP contribution is -2.26. The van der Waals surface area contributed by atoms with Crippen LogP contribution in [0.25, 0.3) is 0 Å². The van der Waals surface area contributed by atoms with Crippen molar-refractivity contribution in [3.8, 4) is 0 Å². The van der Waals surface area contributed by atoms with E-state index in [1.165, 1.54) is 12.1 Å². The molecule has 2 aromatic carbocycles. The maximum absolute atomic E-state index is 12.9. The van der Waals surface area contributed by atoms with E-state index < -0.39 is 5.97 Å². The molecule has 28 heavy (non-hydrogen) atoms. The molecule has 0 bridgehead atoms. The first kappa shape index (κ1) is 17.9. The molecule has 4 rings (SSSR count). The fourth-order valence-electron chi connectivity index (χ4n) is 3.41. The van der Waals surface area contributed by atoms with Gasteiger partial charge in [-0.05, 0) is 23.8 Å². The van der Waals surface area contributed by atoms with E-state index in [-0.39, 0.29) is 11.5 Å². The molecule has 0 unspecified atom stereocenters. The summed E-state index contributed by atoms with van der Waals surface area (Å²) in [6.45, 7) is 2.03. The molecule has 142 valence electrons. The van der Waals surface area contributed by atoms with Crippen LogP contribution in [0.4, 0.5) is 5.69 Å². The van der Waals surface area contributed by atoms with Crippen LogP contribution in [-0.2, 0) is 19.5 Å². The lowest BCUT2D eigenvalue weighted by molar-refractivity contribution is 0.0696. The predicted molar refractivity (Wildman–Crippen MR) is 105 cm³/mol. The second kappa shape index (κ2) is 7.66. The van der Waals surface area contributed by atoms with Crippen LogP contribution in [0.5, 0.6) is 0 Å². The number of benzene rings is 2. The molecule has 0 fully saturated rings. The average Bonchev–Trinajstić information content (AvgIpc) is 3.08. The number of anilines is 1. The van der Waals surface area contributed by atoms with Crippen LogP contribution in [0.2, 0.25) is 0 Å². The van der Waals surface area contributed by atoms with Crippen molar-refractivity contribution in [3.63, 3.8) is 0 Å². The summed E-state index contributed by atoms with van der Waals surface area (Å²) in [5.41, 5.74) is 4.00. The van der Waals surface area contributed by atoms with Gasteiger partial charge in [0.1, 0.15) is 0 Å². The smallest absolute Gasteiger partial charge is 0.335 e. The fraction of sp³-hybridized carbons (Fsp3) is 0.190. The zero-order valence-corrected chi connectivity index (χ0v) is 15.2. The monoisotopic (exact) mass is 376 g/mol. The quantitative estimate of drug-likeness (QED) is 0.636. The van der Waals surface area contributed by atoms with Gasteiger partial charge < -0.3 is 15.7 Å². The Kier molecular flexibility index (Phi) is 4.90. The van der Waals surface area contributed by atoms with Crippen molar-refractivity contribution in [3.05, 3.63) is 82.7 Å². The molecule has 0 saturated carbocycles. The van der Waals surface area contributed by atoms with Crippen molar-refractivity contribution >= 4 is 17.6 Å². The first-order valence-electron chi connectivity index (χ1n) is 9.10. The van der Waals surface area contributed by atoms with Crippen LogP contribution >= 0.6 is 0 Å². The minimum absolute atomic E-state index is 0.121. The van der Waals surface area contributed by atoms with Crippen LogP contribution < -0.4 is 10.6 Å². The number of aromatic carboxylic acids is 1. The van der Waals surface area contributed by atoms with Gasteiger partial charge in [0.2, 0.25) is 0 Å². The highest BCUT2D eigenvalue weighted by Gasteiger charge is 2.25. The van der Waals surface area contributed by atoms with E-state index in [1.54, 1.807) is 12.1 Å². The molecule has 7 heteroatoms. The average molecular weight is 376 g/mol. The zero-order chi connectivity index (χ0) is 19.5. The number of fused-ring (bicyclic) bond motifs is 1. The SMILES string of the molecule is O=C(O)c1cccc(NC(=O)c2nn(Cc3ccccc3)c3c2CNCC3)c1. The second-order valence-electron chi connectivity index (χ2n) is 6.68. The highest BCUT2D eigenvalue weighted by Crippen LogP contribution is 2.21. The van der Waals surface area contributed by atoms with Crippen LogP contribution in [0.1, 0.15) is 37.7 Å². The molecule has 2 heterocycles. The number of amides is 1. The van der Waals surface area contributed by atoms with E-state index in [2.05, 4.69) is 15.7 Å². The number of nitrogens with one attached hydrogen (secondary N) is 2. The van der Waals surface area contributed by atoms with Crippen LogP contribution in [0.3, 0.4) is 0 Å². The third-order valence-corrected chi connectivity index (χ3v) is 4.76. The molecule has 0 saturated heterocycles. The molecule has 1 amide bonds. The Labute approximate surface area is 162 Å². The van der Waals surface area contributed by atoms with Crippen molar-refractivity contribution in [2.24, 2.45) is 0 Å². The molecule has 1 aliphatic heterocycles. The van der Waals surface area contributed by atoms with Crippen LogP contribution in [-0.4, -0.2) is 33.3 Å². The number of rotatable bonds is 5. The fourth-order valence-corrected chi connectivity index (χ4v) is 3.41. The van der Waals surface area contributed by atoms with Gasteiger partial charge in [0.15, 0.2) is 5.69 Å². The normalized spacial score (nSPS) is 13.0. The third kappa shape index (κ3) is 3.65. The van der Waals surface area contributed by atoms with Gasteiger partial charge >= 0.3 is 5.97 Å². The summed E-state index contributed by atoms with van der Waals surface area (Å²) < 4.78 is 1.90. The van der Waals surface area contributed by atoms with Gasteiger partial charge in [-0.25, -0.2) is 4.79 Å². The molecule has 0 radical (unpaired) electrons. The molecule has 0 atom stereocenters. The highest BCUT2D eigenvalue weighted by molar-refractivity contribution is 6.04. The molecule has 3 N–H and O–H groups in total.